The molecule has 0 aliphatic heterocycles. The molecule has 21 heavy (non-hydrogen) atoms. The summed E-state index contributed by atoms with van der Waals surface area (Å²) in [6, 6.07) is 10.6. The monoisotopic (exact) mass is 313 g/mol. The van der Waals surface area contributed by atoms with E-state index in [9.17, 15) is 18.0 Å². The summed E-state index contributed by atoms with van der Waals surface area (Å²) in [5.41, 5.74) is 1.19. The molecule has 0 aliphatic carbocycles. The highest BCUT2D eigenvalue weighted by molar-refractivity contribution is 8.13. The number of aryl methyl sites for hydroxylation is 1. The number of carbonyl (C=O) groups excluding carboxylic acids is 1. The van der Waals surface area contributed by atoms with Gasteiger partial charge in [-0.15, -0.1) is 0 Å². The van der Waals surface area contributed by atoms with E-state index in [1.807, 2.05) is 6.07 Å². The van der Waals surface area contributed by atoms with Crippen LogP contribution in [0.3, 0.4) is 0 Å². The number of halogens is 3. The second kappa shape index (κ2) is 6.13. The van der Waals surface area contributed by atoms with Crippen molar-refractivity contribution in [1.29, 1.82) is 0 Å². The van der Waals surface area contributed by atoms with Crippen molar-refractivity contribution >= 4 is 28.4 Å². The number of hydrogen-bond donors (Lipinski definition) is 1. The average molecular weight is 313 g/mol. The molecular formula is C13H10F3N3OS. The summed E-state index contributed by atoms with van der Waals surface area (Å²) in [5, 5.41) is 0.754. The molecule has 0 unspecified atom stereocenters. The summed E-state index contributed by atoms with van der Waals surface area (Å²) >= 11 is -0.0367. The Morgan fingerprint density at radius 2 is 1.86 bits per heavy atom. The third-order valence-corrected chi connectivity index (χ3v) is 3.08. The summed E-state index contributed by atoms with van der Waals surface area (Å²) < 4.78 is 36.7. The van der Waals surface area contributed by atoms with Crippen molar-refractivity contribution < 1.29 is 18.0 Å². The van der Waals surface area contributed by atoms with Gasteiger partial charge in [-0.05, 0) is 30.8 Å². The van der Waals surface area contributed by atoms with Crippen LogP contribution in [0, 0.1) is 6.92 Å². The minimum Gasteiger partial charge on any atom is -0.340 e. The minimum absolute atomic E-state index is 0.0367. The van der Waals surface area contributed by atoms with Crippen LogP contribution in [0.4, 0.5) is 24.7 Å². The first-order chi connectivity index (χ1) is 9.84. The summed E-state index contributed by atoms with van der Waals surface area (Å²) in [4.78, 5) is 18.7. The van der Waals surface area contributed by atoms with Crippen molar-refractivity contribution in [2.24, 2.45) is 0 Å². The van der Waals surface area contributed by atoms with Gasteiger partial charge < -0.3 is 5.32 Å². The zero-order valence-corrected chi connectivity index (χ0v) is 11.6. The third-order valence-electron chi connectivity index (χ3n) is 2.30. The van der Waals surface area contributed by atoms with E-state index in [1.165, 1.54) is 0 Å². The first kappa shape index (κ1) is 15.3. The molecule has 1 N–H and O–H groups in total. The van der Waals surface area contributed by atoms with Gasteiger partial charge in [0.25, 0.3) is 0 Å². The fourth-order valence-electron chi connectivity index (χ4n) is 1.46. The first-order valence-corrected chi connectivity index (χ1v) is 6.63. The molecule has 110 valence electrons. The van der Waals surface area contributed by atoms with Gasteiger partial charge in [0.2, 0.25) is 0 Å². The van der Waals surface area contributed by atoms with Crippen LogP contribution in [0.5, 0.6) is 0 Å². The van der Waals surface area contributed by atoms with E-state index in [-0.39, 0.29) is 16.9 Å². The number of alkyl halides is 3. The predicted molar refractivity (Wildman–Crippen MR) is 73.4 cm³/mol. The van der Waals surface area contributed by atoms with E-state index in [0.717, 1.165) is 5.69 Å². The van der Waals surface area contributed by atoms with E-state index in [0.29, 0.717) is 11.5 Å². The second-order valence-corrected chi connectivity index (χ2v) is 5.00. The maximum absolute atomic E-state index is 12.2. The van der Waals surface area contributed by atoms with Gasteiger partial charge in [0, 0.05) is 17.4 Å². The van der Waals surface area contributed by atoms with Gasteiger partial charge in [-0.25, -0.2) is 9.97 Å². The summed E-state index contributed by atoms with van der Waals surface area (Å²) in [6.45, 7) is 1.61. The van der Waals surface area contributed by atoms with Crippen LogP contribution >= 0.6 is 11.8 Å². The van der Waals surface area contributed by atoms with Gasteiger partial charge in [-0.1, -0.05) is 18.2 Å². The molecule has 2 rings (SSSR count). The fraction of sp³-hybridized carbons (Fsp3) is 0.154. The topological polar surface area (TPSA) is 54.9 Å². The smallest absolute Gasteiger partial charge is 0.340 e. The average Bonchev–Trinajstić information content (AvgIpc) is 2.38. The molecule has 0 bridgehead atoms. The molecule has 0 spiro atoms. The Kier molecular flexibility index (Phi) is 4.46. The Morgan fingerprint density at radius 1 is 1.19 bits per heavy atom. The van der Waals surface area contributed by atoms with Gasteiger partial charge in [0.15, 0.2) is 5.16 Å². The fourth-order valence-corrected chi connectivity index (χ4v) is 2.08. The van der Waals surface area contributed by atoms with Crippen molar-refractivity contribution in [1.82, 2.24) is 9.97 Å². The second-order valence-electron chi connectivity index (χ2n) is 4.06. The maximum Gasteiger partial charge on any atom is 0.461 e. The van der Waals surface area contributed by atoms with Crippen molar-refractivity contribution in [3.05, 3.63) is 42.1 Å². The third kappa shape index (κ3) is 4.45. The van der Waals surface area contributed by atoms with Gasteiger partial charge >= 0.3 is 11.3 Å². The van der Waals surface area contributed by atoms with Crippen molar-refractivity contribution in [2.75, 3.05) is 5.32 Å². The van der Waals surface area contributed by atoms with Crippen molar-refractivity contribution in [3.63, 3.8) is 0 Å². The molecule has 0 atom stereocenters. The Bertz CT molecular complexity index is 647. The molecule has 4 nitrogen and oxygen atoms in total. The quantitative estimate of drug-likeness (QED) is 0.691. The summed E-state index contributed by atoms with van der Waals surface area (Å²) in [5.74, 6) is 0.325. The van der Waals surface area contributed by atoms with Crippen LogP contribution in [-0.4, -0.2) is 21.3 Å². The number of thioether (sulfide) groups is 1. The number of para-hydroxylation sites is 1. The normalized spacial score (nSPS) is 11.2. The van der Waals surface area contributed by atoms with Crippen LogP contribution in [-0.2, 0) is 4.79 Å². The van der Waals surface area contributed by atoms with Gasteiger partial charge in [-0.3, -0.25) is 4.79 Å². The van der Waals surface area contributed by atoms with Crippen molar-refractivity contribution in [3.8, 4) is 0 Å². The Balaban J connectivity index is 2.20. The van der Waals surface area contributed by atoms with E-state index in [4.69, 9.17) is 0 Å². The highest BCUT2D eigenvalue weighted by Gasteiger charge is 2.39. The van der Waals surface area contributed by atoms with Crippen LogP contribution in [0.2, 0.25) is 0 Å². The molecule has 1 aromatic carbocycles. The van der Waals surface area contributed by atoms with E-state index >= 15 is 0 Å². The highest BCUT2D eigenvalue weighted by atomic mass is 32.2. The molecule has 0 saturated carbocycles. The molecule has 8 heteroatoms. The predicted octanol–water partition coefficient (Wildman–Crippen LogP) is 3.71. The van der Waals surface area contributed by atoms with Crippen LogP contribution < -0.4 is 5.32 Å². The molecule has 0 fully saturated rings. The molecule has 0 aliphatic rings. The number of nitrogens with zero attached hydrogens (tertiary/aromatic N) is 2. The minimum atomic E-state index is -4.91. The zero-order valence-electron chi connectivity index (χ0n) is 10.8. The number of hydrogen-bond acceptors (Lipinski definition) is 5. The summed E-state index contributed by atoms with van der Waals surface area (Å²) in [7, 11) is 0. The molecule has 0 amide bonds. The van der Waals surface area contributed by atoms with Crippen LogP contribution in [0.1, 0.15) is 5.69 Å². The molecule has 2 aromatic rings. The number of anilines is 2. The van der Waals surface area contributed by atoms with Crippen molar-refractivity contribution in [2.45, 2.75) is 18.3 Å². The molecule has 1 heterocycles. The van der Waals surface area contributed by atoms with Crippen LogP contribution in [0.15, 0.2) is 41.6 Å². The maximum atomic E-state index is 12.2. The number of rotatable bonds is 3. The Hall–Kier alpha value is -2.09. The molecular weight excluding hydrogens is 303 g/mol. The van der Waals surface area contributed by atoms with Gasteiger partial charge in [0.1, 0.15) is 5.82 Å². The molecule has 0 radical (unpaired) electrons. The van der Waals surface area contributed by atoms with E-state index < -0.39 is 11.3 Å². The number of aromatic nitrogens is 2. The molecule has 1 aromatic heterocycles. The molecule has 0 saturated heterocycles. The number of nitrogens with one attached hydrogen (secondary N) is 1. The lowest BCUT2D eigenvalue weighted by Gasteiger charge is -2.08. The number of benzene rings is 1. The van der Waals surface area contributed by atoms with Gasteiger partial charge in [-0.2, -0.15) is 13.2 Å². The van der Waals surface area contributed by atoms with Crippen LogP contribution in [0.25, 0.3) is 0 Å². The summed E-state index contributed by atoms with van der Waals surface area (Å²) in [6.07, 6.45) is -4.91. The van der Waals surface area contributed by atoms with Gasteiger partial charge in [0.05, 0.1) is 0 Å². The SMILES string of the molecule is Cc1cc(Nc2ccccc2)nc(SC(=O)C(F)(F)F)n1. The Labute approximate surface area is 122 Å². The standard InChI is InChI=1S/C13H10F3N3OS/c1-8-7-10(18-9-5-3-2-4-6-9)19-12(17-8)21-11(20)13(14,15)16/h2-7H,1H3,(H,17,18,19). The van der Waals surface area contributed by atoms with E-state index in [2.05, 4.69) is 15.3 Å². The number of carbonyl (C=O) groups is 1. The zero-order chi connectivity index (χ0) is 15.5. The largest absolute Gasteiger partial charge is 0.461 e. The first-order valence-electron chi connectivity index (χ1n) is 5.81. The van der Waals surface area contributed by atoms with E-state index in [1.54, 1.807) is 37.3 Å². The lowest BCUT2D eigenvalue weighted by molar-refractivity contribution is -0.160. The highest BCUT2D eigenvalue weighted by Crippen LogP contribution is 2.28. The lowest BCUT2D eigenvalue weighted by atomic mass is 10.3. The Morgan fingerprint density at radius 3 is 2.48 bits per heavy atom. The lowest BCUT2D eigenvalue weighted by Crippen LogP contribution is -2.19.